The average molecular weight is 209 g/mol. The molecule has 1 rings (SSSR count). The van der Waals surface area contributed by atoms with Crippen molar-refractivity contribution >= 4 is 0 Å². The van der Waals surface area contributed by atoms with Gasteiger partial charge >= 0.3 is 0 Å². The van der Waals surface area contributed by atoms with Crippen LogP contribution in [0.1, 0.15) is 31.1 Å². The Balaban J connectivity index is 2.65. The highest BCUT2D eigenvalue weighted by Crippen LogP contribution is 2.14. The summed E-state index contributed by atoms with van der Waals surface area (Å²) in [5.41, 5.74) is 7.31. The Labute approximate surface area is 90.9 Å². The molecule has 0 saturated heterocycles. The van der Waals surface area contributed by atoms with Crippen LogP contribution in [0.5, 0.6) is 0 Å². The molecule has 1 aromatic carbocycles. The van der Waals surface area contributed by atoms with Gasteiger partial charge in [-0.1, -0.05) is 24.3 Å². The zero-order valence-corrected chi connectivity index (χ0v) is 9.31. The molecular weight excluding hydrogens is 190 g/mol. The first-order valence-electron chi connectivity index (χ1n) is 5.22. The van der Waals surface area contributed by atoms with Crippen LogP contribution in [-0.4, -0.2) is 17.8 Å². The van der Waals surface area contributed by atoms with Crippen LogP contribution in [-0.2, 0) is 11.3 Å². The number of ether oxygens (including phenoxy) is 1. The molecule has 3 N–H and O–H groups in total. The molecule has 1 unspecified atom stereocenters. The van der Waals surface area contributed by atoms with Crippen LogP contribution in [0, 0.1) is 0 Å². The van der Waals surface area contributed by atoms with Crippen LogP contribution in [0.3, 0.4) is 0 Å². The standard InChI is InChI=1S/C12H19NO2/c1-9(2)15-8-10-4-3-5-11(6-10)12(14)7-13/h3-6,9,12,14H,7-8,13H2,1-2H3. The van der Waals surface area contributed by atoms with E-state index in [9.17, 15) is 5.11 Å². The van der Waals surface area contributed by atoms with Gasteiger partial charge in [-0.05, 0) is 25.0 Å². The summed E-state index contributed by atoms with van der Waals surface area (Å²) < 4.78 is 5.48. The zero-order valence-electron chi connectivity index (χ0n) is 9.31. The molecule has 0 heterocycles. The second-order valence-electron chi connectivity index (χ2n) is 3.86. The minimum Gasteiger partial charge on any atom is -0.387 e. The minimum atomic E-state index is -0.580. The second-order valence-corrected chi connectivity index (χ2v) is 3.86. The van der Waals surface area contributed by atoms with Crippen LogP contribution >= 0.6 is 0 Å². The van der Waals surface area contributed by atoms with E-state index in [0.717, 1.165) is 11.1 Å². The summed E-state index contributed by atoms with van der Waals surface area (Å²) >= 11 is 0. The topological polar surface area (TPSA) is 55.5 Å². The van der Waals surface area contributed by atoms with E-state index in [1.54, 1.807) is 0 Å². The summed E-state index contributed by atoms with van der Waals surface area (Å²) in [6.45, 7) is 4.81. The monoisotopic (exact) mass is 209 g/mol. The van der Waals surface area contributed by atoms with Gasteiger partial charge in [0.1, 0.15) is 0 Å². The van der Waals surface area contributed by atoms with Gasteiger partial charge < -0.3 is 15.6 Å². The molecule has 0 aliphatic carbocycles. The maximum absolute atomic E-state index is 9.57. The summed E-state index contributed by atoms with van der Waals surface area (Å²) in [5, 5.41) is 9.57. The summed E-state index contributed by atoms with van der Waals surface area (Å²) in [4.78, 5) is 0. The van der Waals surface area contributed by atoms with Gasteiger partial charge in [0.05, 0.1) is 18.8 Å². The first-order valence-corrected chi connectivity index (χ1v) is 5.22. The molecule has 0 radical (unpaired) electrons. The van der Waals surface area contributed by atoms with Crippen LogP contribution in [0.2, 0.25) is 0 Å². The number of benzene rings is 1. The van der Waals surface area contributed by atoms with Crippen LogP contribution in [0.15, 0.2) is 24.3 Å². The molecular formula is C12H19NO2. The molecule has 3 nitrogen and oxygen atoms in total. The van der Waals surface area contributed by atoms with Gasteiger partial charge in [-0.2, -0.15) is 0 Å². The molecule has 3 heteroatoms. The van der Waals surface area contributed by atoms with Crippen molar-refractivity contribution in [3.63, 3.8) is 0 Å². The van der Waals surface area contributed by atoms with Gasteiger partial charge in [0.25, 0.3) is 0 Å². The minimum absolute atomic E-state index is 0.216. The van der Waals surface area contributed by atoms with E-state index < -0.39 is 6.10 Å². The van der Waals surface area contributed by atoms with Gasteiger partial charge in [0.2, 0.25) is 0 Å². The van der Waals surface area contributed by atoms with Crippen LogP contribution in [0.25, 0.3) is 0 Å². The molecule has 0 amide bonds. The highest BCUT2D eigenvalue weighted by molar-refractivity contribution is 5.24. The molecule has 0 bridgehead atoms. The molecule has 1 atom stereocenters. The second kappa shape index (κ2) is 5.85. The van der Waals surface area contributed by atoms with E-state index in [-0.39, 0.29) is 12.6 Å². The highest BCUT2D eigenvalue weighted by atomic mass is 16.5. The maximum Gasteiger partial charge on any atom is 0.0912 e. The Morgan fingerprint density at radius 3 is 2.73 bits per heavy atom. The van der Waals surface area contributed by atoms with Crippen molar-refractivity contribution in [1.29, 1.82) is 0 Å². The normalized spacial score (nSPS) is 13.1. The molecule has 84 valence electrons. The first-order chi connectivity index (χ1) is 7.13. The van der Waals surface area contributed by atoms with Crippen molar-refractivity contribution in [2.75, 3.05) is 6.54 Å². The Bertz CT molecular complexity index is 299. The van der Waals surface area contributed by atoms with E-state index >= 15 is 0 Å². The molecule has 1 aromatic rings. The van der Waals surface area contributed by atoms with Crippen molar-refractivity contribution in [3.8, 4) is 0 Å². The van der Waals surface area contributed by atoms with Gasteiger partial charge in [-0.3, -0.25) is 0 Å². The van der Waals surface area contributed by atoms with Gasteiger partial charge in [0.15, 0.2) is 0 Å². The quantitative estimate of drug-likeness (QED) is 0.774. The third kappa shape index (κ3) is 4.00. The van der Waals surface area contributed by atoms with E-state index in [1.165, 1.54) is 0 Å². The Morgan fingerprint density at radius 1 is 1.40 bits per heavy atom. The number of aliphatic hydroxyl groups is 1. The van der Waals surface area contributed by atoms with Crippen molar-refractivity contribution in [3.05, 3.63) is 35.4 Å². The van der Waals surface area contributed by atoms with Gasteiger partial charge in [-0.25, -0.2) is 0 Å². The largest absolute Gasteiger partial charge is 0.387 e. The summed E-state index contributed by atoms with van der Waals surface area (Å²) in [7, 11) is 0. The predicted octanol–water partition coefficient (Wildman–Crippen LogP) is 1.60. The number of hydrogen-bond acceptors (Lipinski definition) is 3. The van der Waals surface area contributed by atoms with E-state index in [2.05, 4.69) is 0 Å². The van der Waals surface area contributed by atoms with Crippen molar-refractivity contribution in [1.82, 2.24) is 0 Å². The fraction of sp³-hybridized carbons (Fsp3) is 0.500. The van der Waals surface area contributed by atoms with Crippen LogP contribution in [0.4, 0.5) is 0 Å². The molecule has 15 heavy (non-hydrogen) atoms. The SMILES string of the molecule is CC(C)OCc1cccc(C(O)CN)c1. The molecule has 0 aliphatic heterocycles. The fourth-order valence-corrected chi connectivity index (χ4v) is 1.29. The molecule has 0 spiro atoms. The van der Waals surface area contributed by atoms with Gasteiger partial charge in [0, 0.05) is 6.54 Å². The number of rotatable bonds is 5. The lowest BCUT2D eigenvalue weighted by molar-refractivity contribution is 0.0655. The lowest BCUT2D eigenvalue weighted by atomic mass is 10.1. The van der Waals surface area contributed by atoms with Crippen LogP contribution < -0.4 is 5.73 Å². The predicted molar refractivity (Wildman–Crippen MR) is 60.4 cm³/mol. The fourth-order valence-electron chi connectivity index (χ4n) is 1.29. The molecule has 0 fully saturated rings. The third-order valence-electron chi connectivity index (χ3n) is 2.14. The Morgan fingerprint density at radius 2 is 2.13 bits per heavy atom. The van der Waals surface area contributed by atoms with Crippen molar-refractivity contribution in [2.24, 2.45) is 5.73 Å². The lowest BCUT2D eigenvalue weighted by Gasteiger charge is -2.11. The molecule has 0 aliphatic rings. The van der Waals surface area contributed by atoms with Gasteiger partial charge in [-0.15, -0.1) is 0 Å². The van der Waals surface area contributed by atoms with Crippen molar-refractivity contribution in [2.45, 2.75) is 32.7 Å². The Kier molecular flexibility index (Phi) is 4.75. The highest BCUT2D eigenvalue weighted by Gasteiger charge is 2.05. The summed E-state index contributed by atoms with van der Waals surface area (Å²) in [5.74, 6) is 0. The van der Waals surface area contributed by atoms with E-state index in [4.69, 9.17) is 10.5 Å². The smallest absolute Gasteiger partial charge is 0.0912 e. The summed E-state index contributed by atoms with van der Waals surface area (Å²) in [6, 6.07) is 7.69. The van der Waals surface area contributed by atoms with Crippen molar-refractivity contribution < 1.29 is 9.84 Å². The Hall–Kier alpha value is -0.900. The number of nitrogens with two attached hydrogens (primary N) is 1. The average Bonchev–Trinajstić information content (AvgIpc) is 2.25. The first kappa shape index (κ1) is 12.2. The van der Waals surface area contributed by atoms with E-state index in [0.29, 0.717) is 6.61 Å². The lowest BCUT2D eigenvalue weighted by Crippen LogP contribution is -2.11. The number of aliphatic hydroxyl groups excluding tert-OH is 1. The van der Waals surface area contributed by atoms with E-state index in [1.807, 2.05) is 38.1 Å². The zero-order chi connectivity index (χ0) is 11.3. The third-order valence-corrected chi connectivity index (χ3v) is 2.14. The maximum atomic E-state index is 9.57. The molecule has 0 saturated carbocycles. The molecule has 0 aromatic heterocycles. The number of hydrogen-bond donors (Lipinski definition) is 2. The summed E-state index contributed by atoms with van der Waals surface area (Å²) in [6.07, 6.45) is -0.364.